The van der Waals surface area contributed by atoms with Crippen LogP contribution in [0.15, 0.2) is 36.4 Å². The van der Waals surface area contributed by atoms with Gasteiger partial charge in [-0.2, -0.15) is 0 Å². The topological polar surface area (TPSA) is 38.7 Å². The number of benzene rings is 2. The summed E-state index contributed by atoms with van der Waals surface area (Å²) in [5, 5.41) is 9.87. The van der Waals surface area contributed by atoms with Crippen LogP contribution in [0, 0.1) is 5.82 Å². The van der Waals surface area contributed by atoms with Gasteiger partial charge in [-0.1, -0.05) is 23.7 Å². The summed E-state index contributed by atoms with van der Waals surface area (Å²) in [6, 6.07) is 9.35. The van der Waals surface area contributed by atoms with E-state index in [0.29, 0.717) is 22.1 Å². The zero-order valence-corrected chi connectivity index (χ0v) is 12.5. The third-order valence-electron chi connectivity index (χ3n) is 3.07. The molecule has 0 spiro atoms. The van der Waals surface area contributed by atoms with Gasteiger partial charge in [0.25, 0.3) is 0 Å². The molecule has 2 aromatic carbocycles. The molecule has 0 heterocycles. The van der Waals surface area contributed by atoms with Crippen LogP contribution in [-0.2, 0) is 6.61 Å². The number of halogens is 2. The Kier molecular flexibility index (Phi) is 5.04. The first-order valence-corrected chi connectivity index (χ1v) is 6.81. The van der Waals surface area contributed by atoms with Crippen LogP contribution in [0.4, 0.5) is 4.39 Å². The first-order chi connectivity index (χ1) is 10.0. The molecule has 21 heavy (non-hydrogen) atoms. The van der Waals surface area contributed by atoms with Gasteiger partial charge in [0.1, 0.15) is 12.4 Å². The fraction of sp³-hybridized carbons (Fsp3) is 0.250. The van der Waals surface area contributed by atoms with E-state index < -0.39 is 6.10 Å². The Morgan fingerprint density at radius 2 is 1.95 bits per heavy atom. The maximum Gasteiger partial charge on any atom is 0.161 e. The second kappa shape index (κ2) is 6.78. The molecule has 0 aliphatic heterocycles. The van der Waals surface area contributed by atoms with Gasteiger partial charge in [0.05, 0.1) is 18.2 Å². The van der Waals surface area contributed by atoms with Crippen molar-refractivity contribution >= 4 is 11.6 Å². The van der Waals surface area contributed by atoms with Gasteiger partial charge in [0.15, 0.2) is 11.5 Å². The molecule has 0 fully saturated rings. The number of hydrogen-bond donors (Lipinski definition) is 1. The first-order valence-electron chi connectivity index (χ1n) is 6.44. The third-order valence-corrected chi connectivity index (χ3v) is 3.42. The number of aliphatic hydroxyl groups is 1. The third kappa shape index (κ3) is 3.86. The Labute approximate surface area is 127 Å². The summed E-state index contributed by atoms with van der Waals surface area (Å²) in [7, 11) is 1.53. The molecule has 0 aliphatic rings. The molecule has 0 aromatic heterocycles. The standard InChI is InChI=1S/C16H16ClFO3/c1-10(19)11-4-6-15(16(7-11)20-2)21-9-12-3-5-13(18)8-14(12)17/h3-8,10,19H,9H2,1-2H3. The number of methoxy groups -OCH3 is 1. The zero-order chi connectivity index (χ0) is 15.4. The van der Waals surface area contributed by atoms with Gasteiger partial charge in [-0.15, -0.1) is 0 Å². The van der Waals surface area contributed by atoms with Crippen molar-refractivity contribution < 1.29 is 19.0 Å². The molecule has 2 aromatic rings. The molecule has 1 N–H and O–H groups in total. The van der Waals surface area contributed by atoms with Gasteiger partial charge in [-0.25, -0.2) is 4.39 Å². The molecule has 3 nitrogen and oxygen atoms in total. The maximum atomic E-state index is 13.0. The van der Waals surface area contributed by atoms with Crippen molar-refractivity contribution in [3.63, 3.8) is 0 Å². The molecular formula is C16H16ClFO3. The van der Waals surface area contributed by atoms with Crippen LogP contribution in [0.1, 0.15) is 24.2 Å². The number of aliphatic hydroxyl groups excluding tert-OH is 1. The lowest BCUT2D eigenvalue weighted by Crippen LogP contribution is -2.00. The minimum atomic E-state index is -0.584. The van der Waals surface area contributed by atoms with Crippen molar-refractivity contribution in [2.24, 2.45) is 0 Å². The number of rotatable bonds is 5. The summed E-state index contributed by atoms with van der Waals surface area (Å²) in [6.45, 7) is 1.87. The van der Waals surface area contributed by atoms with Crippen molar-refractivity contribution in [3.05, 3.63) is 58.4 Å². The van der Waals surface area contributed by atoms with Crippen LogP contribution in [0.2, 0.25) is 5.02 Å². The molecule has 2 rings (SSSR count). The van der Waals surface area contributed by atoms with Crippen LogP contribution in [-0.4, -0.2) is 12.2 Å². The smallest absolute Gasteiger partial charge is 0.161 e. The van der Waals surface area contributed by atoms with Crippen LogP contribution in [0.5, 0.6) is 11.5 Å². The van der Waals surface area contributed by atoms with Gasteiger partial charge in [-0.3, -0.25) is 0 Å². The highest BCUT2D eigenvalue weighted by Crippen LogP contribution is 2.31. The quantitative estimate of drug-likeness (QED) is 0.903. The van der Waals surface area contributed by atoms with Crippen LogP contribution < -0.4 is 9.47 Å². The van der Waals surface area contributed by atoms with E-state index in [0.717, 1.165) is 5.56 Å². The van der Waals surface area contributed by atoms with Gasteiger partial charge in [0, 0.05) is 5.56 Å². The van der Waals surface area contributed by atoms with E-state index in [1.165, 1.54) is 19.2 Å². The number of hydrogen-bond acceptors (Lipinski definition) is 3. The largest absolute Gasteiger partial charge is 0.493 e. The zero-order valence-electron chi connectivity index (χ0n) is 11.8. The molecule has 1 atom stereocenters. The summed E-state index contributed by atoms with van der Waals surface area (Å²) in [5.41, 5.74) is 1.42. The average Bonchev–Trinajstić information content (AvgIpc) is 2.46. The Bertz CT molecular complexity index is 629. The molecule has 0 amide bonds. The predicted octanol–water partition coefficient (Wildman–Crippen LogP) is 4.12. The molecule has 1 unspecified atom stereocenters. The normalized spacial score (nSPS) is 12.0. The molecule has 112 valence electrons. The lowest BCUT2D eigenvalue weighted by atomic mass is 10.1. The summed E-state index contributed by atoms with van der Waals surface area (Å²) in [5.74, 6) is 0.663. The Morgan fingerprint density at radius 1 is 1.19 bits per heavy atom. The molecule has 5 heteroatoms. The summed E-state index contributed by atoms with van der Waals surface area (Å²) < 4.78 is 23.9. The lowest BCUT2D eigenvalue weighted by Gasteiger charge is -2.14. The van der Waals surface area contributed by atoms with Gasteiger partial charge < -0.3 is 14.6 Å². The lowest BCUT2D eigenvalue weighted by molar-refractivity contribution is 0.198. The maximum absolute atomic E-state index is 13.0. The van der Waals surface area contributed by atoms with E-state index >= 15 is 0 Å². The molecular weight excluding hydrogens is 295 g/mol. The van der Waals surface area contributed by atoms with E-state index in [1.54, 1.807) is 31.2 Å². The Balaban J connectivity index is 2.16. The highest BCUT2D eigenvalue weighted by molar-refractivity contribution is 6.31. The predicted molar refractivity (Wildman–Crippen MR) is 79.4 cm³/mol. The Morgan fingerprint density at radius 3 is 2.57 bits per heavy atom. The van der Waals surface area contributed by atoms with Crippen molar-refractivity contribution in [2.75, 3.05) is 7.11 Å². The van der Waals surface area contributed by atoms with Crippen molar-refractivity contribution in [1.82, 2.24) is 0 Å². The number of ether oxygens (including phenoxy) is 2. The molecule has 0 bridgehead atoms. The van der Waals surface area contributed by atoms with Crippen LogP contribution in [0.3, 0.4) is 0 Å². The van der Waals surface area contributed by atoms with Gasteiger partial charge in [0.2, 0.25) is 0 Å². The fourth-order valence-corrected chi connectivity index (χ4v) is 2.08. The van der Waals surface area contributed by atoms with Crippen molar-refractivity contribution in [3.8, 4) is 11.5 Å². The second-order valence-electron chi connectivity index (χ2n) is 4.61. The van der Waals surface area contributed by atoms with E-state index in [1.807, 2.05) is 0 Å². The highest BCUT2D eigenvalue weighted by atomic mass is 35.5. The van der Waals surface area contributed by atoms with Crippen molar-refractivity contribution in [2.45, 2.75) is 19.6 Å². The van der Waals surface area contributed by atoms with E-state index in [4.69, 9.17) is 21.1 Å². The SMILES string of the molecule is COc1cc(C(C)O)ccc1OCc1ccc(F)cc1Cl. The molecule has 0 radical (unpaired) electrons. The molecule has 0 aliphatic carbocycles. The van der Waals surface area contributed by atoms with E-state index in [9.17, 15) is 9.50 Å². The summed E-state index contributed by atoms with van der Waals surface area (Å²) in [6.07, 6.45) is -0.584. The highest BCUT2D eigenvalue weighted by Gasteiger charge is 2.10. The Hall–Kier alpha value is -1.78. The monoisotopic (exact) mass is 310 g/mol. The fourth-order valence-electron chi connectivity index (χ4n) is 1.86. The summed E-state index contributed by atoms with van der Waals surface area (Å²) >= 11 is 5.95. The van der Waals surface area contributed by atoms with Crippen LogP contribution in [0.25, 0.3) is 0 Å². The second-order valence-corrected chi connectivity index (χ2v) is 5.02. The average molecular weight is 311 g/mol. The molecule has 0 saturated carbocycles. The van der Waals surface area contributed by atoms with Crippen molar-refractivity contribution in [1.29, 1.82) is 0 Å². The van der Waals surface area contributed by atoms with E-state index in [2.05, 4.69) is 0 Å². The minimum Gasteiger partial charge on any atom is -0.493 e. The van der Waals surface area contributed by atoms with Crippen LogP contribution >= 0.6 is 11.6 Å². The first kappa shape index (κ1) is 15.6. The van der Waals surface area contributed by atoms with Gasteiger partial charge >= 0.3 is 0 Å². The minimum absolute atomic E-state index is 0.198. The molecule has 0 saturated heterocycles. The summed E-state index contributed by atoms with van der Waals surface area (Å²) in [4.78, 5) is 0. The van der Waals surface area contributed by atoms with E-state index in [-0.39, 0.29) is 12.4 Å². The van der Waals surface area contributed by atoms with Gasteiger partial charge in [-0.05, 0) is 36.8 Å².